The number of nitrogens with one attached hydrogen (secondary N) is 1. The van der Waals surface area contributed by atoms with Gasteiger partial charge in [0.25, 0.3) is 0 Å². The van der Waals surface area contributed by atoms with Crippen molar-refractivity contribution in [2.24, 2.45) is 0 Å². The van der Waals surface area contributed by atoms with Gasteiger partial charge < -0.3 is 5.32 Å². The average Bonchev–Trinajstić information content (AvgIpc) is 2.59. The summed E-state index contributed by atoms with van der Waals surface area (Å²) in [6, 6.07) is 9.41. The molecule has 0 aromatic heterocycles. The van der Waals surface area contributed by atoms with E-state index in [9.17, 15) is 22.0 Å². The molecule has 1 N–H and O–H groups in total. The summed E-state index contributed by atoms with van der Waals surface area (Å²) in [7, 11) is -3.92. The van der Waals surface area contributed by atoms with Crippen molar-refractivity contribution in [3.63, 3.8) is 0 Å². The van der Waals surface area contributed by atoms with Gasteiger partial charge in [-0.25, -0.2) is 17.2 Å². The molecular weight excluding hydrogens is 374 g/mol. The molecule has 5 nitrogen and oxygen atoms in total. The first kappa shape index (κ1) is 20.8. The number of hydrogen-bond acceptors (Lipinski definition) is 3. The van der Waals surface area contributed by atoms with E-state index in [4.69, 9.17) is 0 Å². The third kappa shape index (κ3) is 5.03. The van der Waals surface area contributed by atoms with Crippen molar-refractivity contribution in [1.82, 2.24) is 5.32 Å². The summed E-state index contributed by atoms with van der Waals surface area (Å²) in [6.45, 7) is 3.34. The van der Waals surface area contributed by atoms with Gasteiger partial charge in [-0.1, -0.05) is 31.2 Å². The number of carbonyl (C=O) groups excluding carboxylic acids is 1. The highest BCUT2D eigenvalue weighted by Gasteiger charge is 2.33. The molecule has 0 aliphatic carbocycles. The van der Waals surface area contributed by atoms with Crippen molar-refractivity contribution < 1.29 is 22.0 Å². The van der Waals surface area contributed by atoms with E-state index in [-0.39, 0.29) is 12.1 Å². The van der Waals surface area contributed by atoms with Gasteiger partial charge in [0.05, 0.1) is 18.0 Å². The van der Waals surface area contributed by atoms with Crippen molar-refractivity contribution in [1.29, 1.82) is 0 Å². The summed E-state index contributed by atoms with van der Waals surface area (Å²) in [5.74, 6) is -1.70. The monoisotopic (exact) mass is 396 g/mol. The van der Waals surface area contributed by atoms with Crippen LogP contribution in [0.4, 0.5) is 14.5 Å². The highest BCUT2D eigenvalue weighted by molar-refractivity contribution is 7.92. The van der Waals surface area contributed by atoms with Crippen LogP contribution < -0.4 is 9.62 Å². The molecule has 0 saturated carbocycles. The molecule has 0 fully saturated rings. The minimum atomic E-state index is -3.92. The predicted octanol–water partition coefficient (Wildman–Crippen LogP) is 3.39. The van der Waals surface area contributed by atoms with E-state index in [1.807, 2.05) is 0 Å². The Morgan fingerprint density at radius 3 is 2.22 bits per heavy atom. The summed E-state index contributed by atoms with van der Waals surface area (Å²) in [5.41, 5.74) is 0.479. The molecule has 0 aliphatic rings. The van der Waals surface area contributed by atoms with Crippen molar-refractivity contribution in [2.75, 3.05) is 10.6 Å². The molecule has 8 heteroatoms. The van der Waals surface area contributed by atoms with Crippen molar-refractivity contribution in [3.05, 3.63) is 65.7 Å². The Hall–Kier alpha value is -2.48. The Bertz CT molecular complexity index is 901. The summed E-state index contributed by atoms with van der Waals surface area (Å²) < 4.78 is 52.7. The van der Waals surface area contributed by atoms with Crippen LogP contribution in [0, 0.1) is 11.6 Å². The Kier molecular flexibility index (Phi) is 6.54. The highest BCUT2D eigenvalue weighted by Crippen LogP contribution is 2.26. The Morgan fingerprint density at radius 2 is 1.70 bits per heavy atom. The van der Waals surface area contributed by atoms with Gasteiger partial charge in [-0.3, -0.25) is 9.10 Å². The van der Waals surface area contributed by atoms with Crippen LogP contribution in [-0.2, 0) is 14.8 Å². The predicted molar refractivity (Wildman–Crippen MR) is 101 cm³/mol. The lowest BCUT2D eigenvalue weighted by atomic mass is 10.1. The number of amides is 1. The second-order valence-corrected chi connectivity index (χ2v) is 8.08. The van der Waals surface area contributed by atoms with Gasteiger partial charge in [-0.15, -0.1) is 0 Å². The summed E-state index contributed by atoms with van der Waals surface area (Å²) in [5, 5.41) is 2.72. The fourth-order valence-electron chi connectivity index (χ4n) is 2.81. The second kappa shape index (κ2) is 8.47. The molecule has 2 unspecified atom stereocenters. The lowest BCUT2D eigenvalue weighted by molar-refractivity contribution is -0.122. The average molecular weight is 396 g/mol. The lowest BCUT2D eigenvalue weighted by Crippen LogP contribution is -2.50. The second-order valence-electron chi connectivity index (χ2n) is 6.22. The van der Waals surface area contributed by atoms with Crippen LogP contribution in [0.25, 0.3) is 0 Å². The van der Waals surface area contributed by atoms with Gasteiger partial charge in [0, 0.05) is 0 Å². The van der Waals surface area contributed by atoms with E-state index >= 15 is 0 Å². The number of carbonyl (C=O) groups is 1. The molecule has 0 heterocycles. The fraction of sp³-hybridized carbons (Fsp3) is 0.316. The van der Waals surface area contributed by atoms with Gasteiger partial charge in [-0.2, -0.15) is 0 Å². The maximum atomic E-state index is 14.2. The quantitative estimate of drug-likeness (QED) is 0.780. The first-order valence-electron chi connectivity index (χ1n) is 8.45. The topological polar surface area (TPSA) is 66.5 Å². The maximum Gasteiger partial charge on any atom is 0.244 e. The molecule has 0 aliphatic heterocycles. The molecule has 146 valence electrons. The summed E-state index contributed by atoms with van der Waals surface area (Å²) in [6.07, 6.45) is 1.07. The number of anilines is 1. The Morgan fingerprint density at radius 1 is 1.11 bits per heavy atom. The maximum absolute atomic E-state index is 14.2. The lowest BCUT2D eigenvalue weighted by Gasteiger charge is -2.31. The van der Waals surface area contributed by atoms with E-state index in [0.29, 0.717) is 5.56 Å². The first-order chi connectivity index (χ1) is 12.6. The summed E-state index contributed by atoms with van der Waals surface area (Å²) >= 11 is 0. The van der Waals surface area contributed by atoms with Crippen LogP contribution in [0.5, 0.6) is 0 Å². The zero-order chi connectivity index (χ0) is 20.2. The molecule has 0 bridgehead atoms. The van der Waals surface area contributed by atoms with Crippen LogP contribution in [0.2, 0.25) is 0 Å². The van der Waals surface area contributed by atoms with Crippen molar-refractivity contribution in [2.45, 2.75) is 32.4 Å². The normalized spacial score (nSPS) is 13.7. The third-order valence-electron chi connectivity index (χ3n) is 4.15. The first-order valence-corrected chi connectivity index (χ1v) is 10.3. The standard InChI is InChI=1S/C19H22F2N2O3S/c1-4-17(19(24)22-13(2)14-9-11-15(20)12-10-14)23(27(3,25)26)18-8-6-5-7-16(18)21/h5-13,17H,4H2,1-3H3,(H,22,24). The van der Waals surface area contributed by atoms with Gasteiger partial charge in [-0.05, 0) is 43.2 Å². The number of hydrogen-bond donors (Lipinski definition) is 1. The zero-order valence-corrected chi connectivity index (χ0v) is 16.1. The largest absolute Gasteiger partial charge is 0.348 e. The summed E-state index contributed by atoms with van der Waals surface area (Å²) in [4.78, 5) is 12.8. The number of benzene rings is 2. The van der Waals surface area contributed by atoms with Crippen molar-refractivity contribution >= 4 is 21.6 Å². The van der Waals surface area contributed by atoms with Gasteiger partial charge >= 0.3 is 0 Å². The van der Waals surface area contributed by atoms with E-state index in [0.717, 1.165) is 16.6 Å². The number of para-hydroxylation sites is 1. The SMILES string of the molecule is CCC(C(=O)NC(C)c1ccc(F)cc1)N(c1ccccc1F)S(C)(=O)=O. The molecule has 1 amide bonds. The molecular formula is C19H22F2N2O3S. The van der Waals surface area contributed by atoms with Crippen LogP contribution in [0.1, 0.15) is 31.9 Å². The minimum absolute atomic E-state index is 0.142. The number of sulfonamides is 1. The van der Waals surface area contributed by atoms with Gasteiger partial charge in [0.1, 0.15) is 17.7 Å². The molecule has 2 rings (SSSR count). The van der Waals surface area contributed by atoms with Crippen LogP contribution >= 0.6 is 0 Å². The van der Waals surface area contributed by atoms with Crippen LogP contribution in [0.15, 0.2) is 48.5 Å². The van der Waals surface area contributed by atoms with Gasteiger partial charge in [0.15, 0.2) is 0 Å². The Balaban J connectivity index is 2.32. The van der Waals surface area contributed by atoms with Gasteiger partial charge in [0.2, 0.25) is 15.9 Å². The third-order valence-corrected chi connectivity index (χ3v) is 5.31. The number of nitrogens with zero attached hydrogens (tertiary/aromatic N) is 1. The molecule has 2 aromatic carbocycles. The van der Waals surface area contributed by atoms with E-state index < -0.39 is 39.6 Å². The number of rotatable bonds is 7. The molecule has 27 heavy (non-hydrogen) atoms. The molecule has 0 radical (unpaired) electrons. The molecule has 0 spiro atoms. The Labute approximate surface area is 158 Å². The van der Waals surface area contributed by atoms with Crippen molar-refractivity contribution in [3.8, 4) is 0 Å². The molecule has 2 atom stereocenters. The molecule has 0 saturated heterocycles. The zero-order valence-electron chi connectivity index (χ0n) is 15.3. The fourth-order valence-corrected chi connectivity index (χ4v) is 4.02. The number of halogens is 2. The smallest absolute Gasteiger partial charge is 0.244 e. The van der Waals surface area contributed by atoms with Crippen LogP contribution in [0.3, 0.4) is 0 Å². The minimum Gasteiger partial charge on any atom is -0.348 e. The van der Waals surface area contributed by atoms with E-state index in [2.05, 4.69) is 5.32 Å². The molecule has 2 aromatic rings. The van der Waals surface area contributed by atoms with E-state index in [1.165, 1.54) is 42.5 Å². The van der Waals surface area contributed by atoms with Crippen LogP contribution in [-0.4, -0.2) is 26.6 Å². The highest BCUT2D eigenvalue weighted by atomic mass is 32.2. The van der Waals surface area contributed by atoms with E-state index in [1.54, 1.807) is 13.8 Å².